The molecule has 5 heteroatoms. The van der Waals surface area contributed by atoms with Crippen LogP contribution in [-0.2, 0) is 4.79 Å². The van der Waals surface area contributed by atoms with Gasteiger partial charge in [0.1, 0.15) is 5.75 Å². The molecule has 0 saturated carbocycles. The Morgan fingerprint density at radius 1 is 1.41 bits per heavy atom. The molecule has 17 heavy (non-hydrogen) atoms. The van der Waals surface area contributed by atoms with Crippen LogP contribution in [0.5, 0.6) is 5.75 Å². The van der Waals surface area contributed by atoms with E-state index in [9.17, 15) is 4.79 Å². The van der Waals surface area contributed by atoms with Crippen LogP contribution in [0.25, 0.3) is 0 Å². The summed E-state index contributed by atoms with van der Waals surface area (Å²) in [5.41, 5.74) is 6.07. The van der Waals surface area contributed by atoms with Gasteiger partial charge in [-0.2, -0.15) is 0 Å². The van der Waals surface area contributed by atoms with Gasteiger partial charge in [0.2, 0.25) is 0 Å². The van der Waals surface area contributed by atoms with Crippen molar-refractivity contribution in [3.8, 4) is 5.75 Å². The highest BCUT2D eigenvalue weighted by molar-refractivity contribution is 6.33. The third kappa shape index (κ3) is 3.82. The summed E-state index contributed by atoms with van der Waals surface area (Å²) in [5.74, 6) is 0.507. The zero-order valence-electron chi connectivity index (χ0n) is 10.1. The lowest BCUT2D eigenvalue weighted by Gasteiger charge is -2.18. The van der Waals surface area contributed by atoms with Crippen LogP contribution in [-0.4, -0.2) is 30.5 Å². The Morgan fingerprint density at radius 3 is 2.59 bits per heavy atom. The van der Waals surface area contributed by atoms with Gasteiger partial charge in [0.15, 0.2) is 6.61 Å². The average molecular weight is 257 g/mol. The summed E-state index contributed by atoms with van der Waals surface area (Å²) in [6.45, 7) is 5.24. The second-order valence-electron chi connectivity index (χ2n) is 3.54. The maximum absolute atomic E-state index is 11.7. The lowest BCUT2D eigenvalue weighted by Crippen LogP contribution is -2.34. The number of likely N-dealkylation sites (N-methyl/N-ethyl adjacent to an activating group) is 1. The number of rotatable bonds is 5. The molecule has 1 aromatic carbocycles. The van der Waals surface area contributed by atoms with Gasteiger partial charge in [-0.3, -0.25) is 4.79 Å². The number of nitrogen functional groups attached to an aromatic ring is 1. The Balaban J connectivity index is 2.55. The van der Waals surface area contributed by atoms with Crippen molar-refractivity contribution in [2.24, 2.45) is 0 Å². The molecular formula is C12H17ClN2O2. The summed E-state index contributed by atoms with van der Waals surface area (Å²) < 4.78 is 5.36. The van der Waals surface area contributed by atoms with Crippen molar-refractivity contribution in [2.75, 3.05) is 25.4 Å². The molecule has 1 rings (SSSR count). The number of anilines is 1. The van der Waals surface area contributed by atoms with Crippen molar-refractivity contribution < 1.29 is 9.53 Å². The van der Waals surface area contributed by atoms with Crippen molar-refractivity contribution >= 4 is 23.2 Å². The standard InChI is InChI=1S/C12H17ClN2O2/c1-3-15(4-2)12(16)8-17-9-5-6-11(14)10(13)7-9/h5-7H,3-4,8,14H2,1-2H3. The maximum atomic E-state index is 11.7. The van der Waals surface area contributed by atoms with E-state index in [1.54, 1.807) is 23.1 Å². The second kappa shape index (κ2) is 6.35. The predicted octanol–water partition coefficient (Wildman–Crippen LogP) is 2.17. The molecule has 2 N–H and O–H groups in total. The SMILES string of the molecule is CCN(CC)C(=O)COc1ccc(N)c(Cl)c1. The van der Waals surface area contributed by atoms with E-state index in [0.29, 0.717) is 29.5 Å². The van der Waals surface area contributed by atoms with Gasteiger partial charge in [0.05, 0.1) is 10.7 Å². The van der Waals surface area contributed by atoms with E-state index in [2.05, 4.69) is 0 Å². The van der Waals surface area contributed by atoms with E-state index >= 15 is 0 Å². The molecule has 0 aliphatic heterocycles. The number of nitrogens with zero attached hydrogens (tertiary/aromatic N) is 1. The molecule has 0 aliphatic carbocycles. The van der Waals surface area contributed by atoms with Crippen LogP contribution in [0, 0.1) is 0 Å². The van der Waals surface area contributed by atoms with Crippen LogP contribution in [0.2, 0.25) is 5.02 Å². The van der Waals surface area contributed by atoms with E-state index in [0.717, 1.165) is 0 Å². The monoisotopic (exact) mass is 256 g/mol. The van der Waals surface area contributed by atoms with Gasteiger partial charge in [-0.25, -0.2) is 0 Å². The molecule has 0 aromatic heterocycles. The molecule has 0 unspecified atom stereocenters. The number of benzene rings is 1. The normalized spacial score (nSPS) is 10.1. The highest BCUT2D eigenvalue weighted by Gasteiger charge is 2.10. The van der Waals surface area contributed by atoms with Crippen LogP contribution in [0.1, 0.15) is 13.8 Å². The number of amides is 1. The summed E-state index contributed by atoms with van der Waals surface area (Å²) >= 11 is 5.85. The number of hydrogen-bond acceptors (Lipinski definition) is 3. The lowest BCUT2D eigenvalue weighted by atomic mass is 10.3. The Kier molecular flexibility index (Phi) is 5.10. The minimum Gasteiger partial charge on any atom is -0.484 e. The van der Waals surface area contributed by atoms with Crippen molar-refractivity contribution in [1.82, 2.24) is 4.90 Å². The largest absolute Gasteiger partial charge is 0.484 e. The third-order valence-corrected chi connectivity index (χ3v) is 2.78. The van der Waals surface area contributed by atoms with Gasteiger partial charge in [-0.1, -0.05) is 11.6 Å². The Morgan fingerprint density at radius 2 is 2.06 bits per heavy atom. The Labute approximate surface area is 106 Å². The molecule has 0 fully saturated rings. The van der Waals surface area contributed by atoms with Crippen LogP contribution in [0.15, 0.2) is 18.2 Å². The fraction of sp³-hybridized carbons (Fsp3) is 0.417. The lowest BCUT2D eigenvalue weighted by molar-refractivity contribution is -0.132. The highest BCUT2D eigenvalue weighted by atomic mass is 35.5. The first-order chi connectivity index (χ1) is 8.08. The first-order valence-electron chi connectivity index (χ1n) is 5.54. The van der Waals surface area contributed by atoms with Crippen LogP contribution in [0.3, 0.4) is 0 Å². The molecule has 1 aromatic rings. The number of carbonyl (C=O) groups excluding carboxylic acids is 1. The van der Waals surface area contributed by atoms with E-state index in [1.165, 1.54) is 0 Å². The highest BCUT2D eigenvalue weighted by Crippen LogP contribution is 2.23. The van der Waals surface area contributed by atoms with Crippen molar-refractivity contribution in [3.05, 3.63) is 23.2 Å². The van der Waals surface area contributed by atoms with E-state index < -0.39 is 0 Å². The smallest absolute Gasteiger partial charge is 0.260 e. The quantitative estimate of drug-likeness (QED) is 0.822. The minimum atomic E-state index is -0.0389. The van der Waals surface area contributed by atoms with E-state index in [-0.39, 0.29) is 12.5 Å². The fourth-order valence-corrected chi connectivity index (χ4v) is 1.58. The second-order valence-corrected chi connectivity index (χ2v) is 3.95. The first kappa shape index (κ1) is 13.6. The molecule has 0 radical (unpaired) electrons. The number of hydrogen-bond donors (Lipinski definition) is 1. The van der Waals surface area contributed by atoms with Gasteiger partial charge in [0, 0.05) is 19.2 Å². The number of nitrogens with two attached hydrogens (primary N) is 1. The van der Waals surface area contributed by atoms with Gasteiger partial charge >= 0.3 is 0 Å². The summed E-state index contributed by atoms with van der Waals surface area (Å²) in [4.78, 5) is 13.4. The molecule has 94 valence electrons. The van der Waals surface area contributed by atoms with Crippen molar-refractivity contribution in [1.29, 1.82) is 0 Å². The van der Waals surface area contributed by atoms with E-state index in [4.69, 9.17) is 22.1 Å². The molecule has 0 atom stereocenters. The predicted molar refractivity (Wildman–Crippen MR) is 69.3 cm³/mol. The summed E-state index contributed by atoms with van der Waals surface area (Å²) in [7, 11) is 0. The molecule has 0 heterocycles. The fourth-order valence-electron chi connectivity index (χ4n) is 1.41. The molecule has 0 aliphatic rings. The maximum Gasteiger partial charge on any atom is 0.260 e. The molecule has 1 amide bonds. The van der Waals surface area contributed by atoms with Crippen LogP contribution >= 0.6 is 11.6 Å². The Hall–Kier alpha value is -1.42. The summed E-state index contributed by atoms with van der Waals surface area (Å²) in [6.07, 6.45) is 0. The van der Waals surface area contributed by atoms with Crippen LogP contribution in [0.4, 0.5) is 5.69 Å². The summed E-state index contributed by atoms with van der Waals surface area (Å²) in [5, 5.41) is 0.429. The number of carbonyl (C=O) groups is 1. The van der Waals surface area contributed by atoms with Gasteiger partial charge in [-0.15, -0.1) is 0 Å². The summed E-state index contributed by atoms with van der Waals surface area (Å²) in [6, 6.07) is 4.95. The van der Waals surface area contributed by atoms with Crippen molar-refractivity contribution in [2.45, 2.75) is 13.8 Å². The molecular weight excluding hydrogens is 240 g/mol. The van der Waals surface area contributed by atoms with Gasteiger partial charge < -0.3 is 15.4 Å². The van der Waals surface area contributed by atoms with Crippen molar-refractivity contribution in [3.63, 3.8) is 0 Å². The molecule has 0 spiro atoms. The molecule has 4 nitrogen and oxygen atoms in total. The molecule has 0 saturated heterocycles. The van der Waals surface area contributed by atoms with Gasteiger partial charge in [0.25, 0.3) is 5.91 Å². The number of halogens is 1. The van der Waals surface area contributed by atoms with Gasteiger partial charge in [-0.05, 0) is 26.0 Å². The van der Waals surface area contributed by atoms with E-state index in [1.807, 2.05) is 13.8 Å². The third-order valence-electron chi connectivity index (χ3n) is 2.45. The first-order valence-corrected chi connectivity index (χ1v) is 5.91. The topological polar surface area (TPSA) is 55.6 Å². The molecule has 0 bridgehead atoms. The minimum absolute atomic E-state index is 0.0158. The zero-order chi connectivity index (χ0) is 12.8. The van der Waals surface area contributed by atoms with Crippen LogP contribution < -0.4 is 10.5 Å². The number of ether oxygens (including phenoxy) is 1. The average Bonchev–Trinajstić information content (AvgIpc) is 2.32. The zero-order valence-corrected chi connectivity index (χ0v) is 10.8. The Bertz CT molecular complexity index is 392.